The Morgan fingerprint density at radius 2 is 1.61 bits per heavy atom. The molecule has 0 N–H and O–H groups in total. The quantitative estimate of drug-likeness (QED) is 0.391. The number of benzene rings is 2. The van der Waals surface area contributed by atoms with Crippen LogP contribution in [0.15, 0.2) is 48.6 Å². The van der Waals surface area contributed by atoms with Crippen molar-refractivity contribution in [2.45, 2.75) is 58.3 Å². The maximum atomic E-state index is 14.2. The van der Waals surface area contributed by atoms with Crippen LogP contribution in [0.4, 0.5) is 8.78 Å². The van der Waals surface area contributed by atoms with Gasteiger partial charge in [-0.1, -0.05) is 49.5 Å². The standard InChI is InChI=1S/C26H28F2/c1-3-5-19-7-12-22(13-8-19)23-14-9-20(10-15-23)11-16-24-25(27)17-21(6-4-2)18-26(24)28/h3,5,9-10,14-15,17-19,22H,4,6-8,12-13H2,1-2H3/b5-3+. The zero-order valence-corrected chi connectivity index (χ0v) is 16.8. The number of hydrogen-bond donors (Lipinski definition) is 0. The molecular formula is C26H28F2. The Kier molecular flexibility index (Phi) is 7.04. The van der Waals surface area contributed by atoms with E-state index in [2.05, 4.69) is 43.0 Å². The molecule has 0 aromatic heterocycles. The van der Waals surface area contributed by atoms with Crippen molar-refractivity contribution in [1.29, 1.82) is 0 Å². The number of aryl methyl sites for hydroxylation is 1. The molecule has 0 unspecified atom stereocenters. The van der Waals surface area contributed by atoms with Gasteiger partial charge >= 0.3 is 0 Å². The number of hydrogen-bond acceptors (Lipinski definition) is 0. The number of rotatable bonds is 4. The number of halogens is 2. The van der Waals surface area contributed by atoms with Crippen LogP contribution in [0.1, 0.15) is 74.1 Å². The lowest BCUT2D eigenvalue weighted by atomic mass is 9.78. The van der Waals surface area contributed by atoms with Gasteiger partial charge in [0, 0.05) is 5.56 Å². The predicted octanol–water partition coefficient (Wildman–Crippen LogP) is 7.17. The summed E-state index contributed by atoms with van der Waals surface area (Å²) in [6.45, 7) is 4.07. The molecule has 146 valence electrons. The third-order valence-electron chi connectivity index (χ3n) is 5.59. The third kappa shape index (κ3) is 5.10. The van der Waals surface area contributed by atoms with Crippen LogP contribution in [0.5, 0.6) is 0 Å². The fraction of sp³-hybridized carbons (Fsp3) is 0.385. The van der Waals surface area contributed by atoms with E-state index in [0.717, 1.165) is 17.9 Å². The molecule has 0 atom stereocenters. The van der Waals surface area contributed by atoms with E-state index in [1.807, 2.05) is 19.1 Å². The molecule has 1 aliphatic carbocycles. The fourth-order valence-corrected chi connectivity index (χ4v) is 4.07. The van der Waals surface area contributed by atoms with E-state index in [-0.39, 0.29) is 5.56 Å². The van der Waals surface area contributed by atoms with Gasteiger partial charge in [0.1, 0.15) is 11.6 Å². The molecule has 3 rings (SSSR count). The summed E-state index contributed by atoms with van der Waals surface area (Å²) in [6.07, 6.45) is 10.9. The summed E-state index contributed by atoms with van der Waals surface area (Å²) in [5.74, 6) is 5.75. The van der Waals surface area contributed by atoms with Crippen molar-refractivity contribution in [3.8, 4) is 11.8 Å². The van der Waals surface area contributed by atoms with Crippen LogP contribution in [0.3, 0.4) is 0 Å². The minimum absolute atomic E-state index is 0.147. The van der Waals surface area contributed by atoms with Gasteiger partial charge in [0.2, 0.25) is 0 Å². The lowest BCUT2D eigenvalue weighted by Crippen LogP contribution is -2.11. The van der Waals surface area contributed by atoms with E-state index in [1.54, 1.807) is 0 Å². The predicted molar refractivity (Wildman–Crippen MR) is 112 cm³/mol. The summed E-state index contributed by atoms with van der Waals surface area (Å²) in [7, 11) is 0. The third-order valence-corrected chi connectivity index (χ3v) is 5.59. The molecule has 0 aliphatic heterocycles. The van der Waals surface area contributed by atoms with Crippen LogP contribution in [0.2, 0.25) is 0 Å². The monoisotopic (exact) mass is 378 g/mol. The van der Waals surface area contributed by atoms with Crippen LogP contribution in [0.25, 0.3) is 0 Å². The highest BCUT2D eigenvalue weighted by Crippen LogP contribution is 2.36. The summed E-state index contributed by atoms with van der Waals surface area (Å²) in [5.41, 5.74) is 2.65. The lowest BCUT2D eigenvalue weighted by molar-refractivity contribution is 0.375. The van der Waals surface area contributed by atoms with E-state index in [4.69, 9.17) is 0 Å². The van der Waals surface area contributed by atoms with Gasteiger partial charge < -0.3 is 0 Å². The van der Waals surface area contributed by atoms with E-state index in [1.165, 1.54) is 43.4 Å². The van der Waals surface area contributed by atoms with Gasteiger partial charge in [0.05, 0.1) is 5.56 Å². The first-order chi connectivity index (χ1) is 13.6. The van der Waals surface area contributed by atoms with E-state index < -0.39 is 11.6 Å². The molecule has 0 nitrogen and oxygen atoms in total. The van der Waals surface area contributed by atoms with Crippen LogP contribution in [0, 0.1) is 29.4 Å². The summed E-state index contributed by atoms with van der Waals surface area (Å²) in [6, 6.07) is 10.9. The van der Waals surface area contributed by atoms with Crippen molar-refractivity contribution >= 4 is 0 Å². The van der Waals surface area contributed by atoms with Gasteiger partial charge in [-0.05, 0) is 86.3 Å². The molecule has 1 aliphatic rings. The molecule has 2 aromatic carbocycles. The molecule has 28 heavy (non-hydrogen) atoms. The van der Waals surface area contributed by atoms with Gasteiger partial charge in [-0.2, -0.15) is 0 Å². The Labute approximate surface area is 167 Å². The van der Waals surface area contributed by atoms with E-state index >= 15 is 0 Å². The van der Waals surface area contributed by atoms with Crippen LogP contribution in [-0.4, -0.2) is 0 Å². The summed E-state index contributed by atoms with van der Waals surface area (Å²) < 4.78 is 28.4. The largest absolute Gasteiger partial charge is 0.206 e. The second-order valence-corrected chi connectivity index (χ2v) is 7.69. The molecule has 1 fully saturated rings. The van der Waals surface area contributed by atoms with Gasteiger partial charge in [-0.25, -0.2) is 8.78 Å². The van der Waals surface area contributed by atoms with Crippen LogP contribution >= 0.6 is 0 Å². The first-order valence-electron chi connectivity index (χ1n) is 10.3. The minimum Gasteiger partial charge on any atom is -0.206 e. The molecule has 1 saturated carbocycles. The maximum Gasteiger partial charge on any atom is 0.142 e. The van der Waals surface area contributed by atoms with E-state index in [0.29, 0.717) is 17.9 Å². The first kappa shape index (κ1) is 20.3. The molecule has 0 heterocycles. The van der Waals surface area contributed by atoms with Gasteiger partial charge in [0.25, 0.3) is 0 Å². The highest BCUT2D eigenvalue weighted by molar-refractivity contribution is 5.45. The second-order valence-electron chi connectivity index (χ2n) is 7.69. The van der Waals surface area contributed by atoms with E-state index in [9.17, 15) is 8.78 Å². The van der Waals surface area contributed by atoms with Crippen molar-refractivity contribution in [3.05, 3.63) is 82.4 Å². The average Bonchev–Trinajstić information content (AvgIpc) is 2.69. The van der Waals surface area contributed by atoms with Crippen molar-refractivity contribution in [2.75, 3.05) is 0 Å². The first-order valence-corrected chi connectivity index (χ1v) is 10.3. The van der Waals surface area contributed by atoms with Crippen LogP contribution < -0.4 is 0 Å². The molecule has 2 heteroatoms. The topological polar surface area (TPSA) is 0 Å². The molecule has 0 spiro atoms. The molecule has 2 aromatic rings. The highest BCUT2D eigenvalue weighted by Gasteiger charge is 2.20. The highest BCUT2D eigenvalue weighted by atomic mass is 19.1. The van der Waals surface area contributed by atoms with Gasteiger partial charge in [-0.15, -0.1) is 0 Å². The Morgan fingerprint density at radius 3 is 2.18 bits per heavy atom. The Bertz CT molecular complexity index is 850. The van der Waals surface area contributed by atoms with Crippen molar-refractivity contribution in [1.82, 2.24) is 0 Å². The summed E-state index contributed by atoms with van der Waals surface area (Å²) in [5, 5.41) is 0. The fourth-order valence-electron chi connectivity index (χ4n) is 4.07. The van der Waals surface area contributed by atoms with Crippen molar-refractivity contribution < 1.29 is 8.78 Å². The maximum absolute atomic E-state index is 14.2. The normalized spacial score (nSPS) is 19.4. The smallest absolute Gasteiger partial charge is 0.142 e. The summed E-state index contributed by atoms with van der Waals surface area (Å²) in [4.78, 5) is 0. The van der Waals surface area contributed by atoms with Gasteiger partial charge in [0.15, 0.2) is 0 Å². The zero-order chi connectivity index (χ0) is 19.9. The second kappa shape index (κ2) is 9.69. The minimum atomic E-state index is -0.578. The Morgan fingerprint density at radius 1 is 0.964 bits per heavy atom. The molecule has 0 amide bonds. The Balaban J connectivity index is 1.69. The molecule has 0 radical (unpaired) electrons. The Hall–Kier alpha value is -2.40. The number of allylic oxidation sites excluding steroid dienone is 2. The van der Waals surface area contributed by atoms with Crippen molar-refractivity contribution in [2.24, 2.45) is 5.92 Å². The zero-order valence-electron chi connectivity index (χ0n) is 16.8. The molecular weight excluding hydrogens is 350 g/mol. The average molecular weight is 379 g/mol. The van der Waals surface area contributed by atoms with Gasteiger partial charge in [-0.3, -0.25) is 0 Å². The SMILES string of the molecule is C/C=C/C1CCC(c2ccc(C#Cc3c(F)cc(CCC)cc3F)cc2)CC1. The lowest BCUT2D eigenvalue weighted by Gasteiger charge is -2.27. The molecule has 0 bridgehead atoms. The summed E-state index contributed by atoms with van der Waals surface area (Å²) >= 11 is 0. The van der Waals surface area contributed by atoms with Crippen molar-refractivity contribution in [3.63, 3.8) is 0 Å². The molecule has 0 saturated heterocycles. The van der Waals surface area contributed by atoms with Crippen LogP contribution in [-0.2, 0) is 6.42 Å².